The summed E-state index contributed by atoms with van der Waals surface area (Å²) in [5.41, 5.74) is 0. The van der Waals surface area contributed by atoms with Gasteiger partial charge in [0.25, 0.3) is 0 Å². The molecule has 1 rings (SSSR count). The zero-order chi connectivity index (χ0) is 10.2. The van der Waals surface area contributed by atoms with E-state index in [0.717, 1.165) is 19.3 Å². The van der Waals surface area contributed by atoms with Crippen molar-refractivity contribution in [3.63, 3.8) is 0 Å². The van der Waals surface area contributed by atoms with Crippen LogP contribution in [0, 0.1) is 5.21 Å². The van der Waals surface area contributed by atoms with Gasteiger partial charge in [0.05, 0.1) is 6.54 Å². The molecule has 0 fully saturated rings. The third kappa shape index (κ3) is 3.83. The fourth-order valence-electron chi connectivity index (χ4n) is 1.23. The summed E-state index contributed by atoms with van der Waals surface area (Å²) in [5.74, 6) is 0.538. The molecule has 1 aromatic heterocycles. The zero-order valence-electron chi connectivity index (χ0n) is 8.15. The Morgan fingerprint density at radius 2 is 2.14 bits per heavy atom. The quantitative estimate of drug-likeness (QED) is 0.507. The first-order chi connectivity index (χ1) is 6.84. The van der Waals surface area contributed by atoms with Crippen LogP contribution in [-0.2, 0) is 0 Å². The van der Waals surface area contributed by atoms with Gasteiger partial charge in [-0.25, -0.2) is 4.98 Å². The van der Waals surface area contributed by atoms with Crippen molar-refractivity contribution >= 4 is 5.82 Å². The third-order valence-electron chi connectivity index (χ3n) is 2.01. The number of aliphatic hydroxyl groups excluding tert-OH is 1. The normalized spacial score (nSPS) is 12.7. The maximum absolute atomic E-state index is 11.5. The number of nitrogens with zero attached hydrogens (tertiary/aromatic N) is 1. The van der Waals surface area contributed by atoms with Crippen LogP contribution >= 0.6 is 0 Å². The predicted octanol–water partition coefficient (Wildman–Crippen LogP) is 0.258. The lowest BCUT2D eigenvalue weighted by Crippen LogP contribution is -3.02. The molecular weight excluding hydrogens is 180 g/mol. The number of aliphatic hydroxyl groups is 1. The van der Waals surface area contributed by atoms with Gasteiger partial charge in [0.15, 0.2) is 0 Å². The Labute approximate surface area is 83.8 Å². The molecule has 78 valence electrons. The molecule has 4 nitrogen and oxygen atoms in total. The molecule has 0 bridgehead atoms. The van der Waals surface area contributed by atoms with E-state index in [0.29, 0.717) is 12.4 Å². The number of pyridine rings is 1. The number of aromatic nitrogens is 1. The van der Waals surface area contributed by atoms with E-state index >= 15 is 0 Å². The summed E-state index contributed by atoms with van der Waals surface area (Å²) in [5, 5.41) is 20.1. The molecule has 0 aliphatic heterocycles. The van der Waals surface area contributed by atoms with E-state index in [2.05, 4.69) is 4.98 Å². The van der Waals surface area contributed by atoms with Crippen molar-refractivity contribution in [2.75, 3.05) is 13.2 Å². The Kier molecular flexibility index (Phi) is 5.14. The lowest BCUT2D eigenvalue weighted by Gasteiger charge is -2.19. The van der Waals surface area contributed by atoms with Crippen LogP contribution in [0.1, 0.15) is 19.3 Å². The second kappa shape index (κ2) is 6.48. The minimum Gasteiger partial charge on any atom is -0.628 e. The van der Waals surface area contributed by atoms with Crippen LogP contribution in [0.5, 0.6) is 0 Å². The second-order valence-electron chi connectivity index (χ2n) is 3.17. The smallest absolute Gasteiger partial charge is 0.225 e. The summed E-state index contributed by atoms with van der Waals surface area (Å²) < 4.78 is 0. The van der Waals surface area contributed by atoms with Crippen molar-refractivity contribution in [3.8, 4) is 0 Å². The van der Waals surface area contributed by atoms with Gasteiger partial charge in [0.1, 0.15) is 0 Å². The van der Waals surface area contributed by atoms with Gasteiger partial charge < -0.3 is 15.4 Å². The minimum absolute atomic E-state index is 0.0866. The molecule has 14 heavy (non-hydrogen) atoms. The maximum atomic E-state index is 11.5. The molecule has 1 unspecified atom stereocenters. The number of unbranched alkanes of at least 4 members (excludes halogenated alkanes) is 2. The Morgan fingerprint density at radius 3 is 2.79 bits per heavy atom. The molecule has 1 aromatic rings. The molecule has 0 spiro atoms. The molecular formula is C10H16N2O2. The van der Waals surface area contributed by atoms with Crippen molar-refractivity contribution in [1.29, 1.82) is 0 Å². The summed E-state index contributed by atoms with van der Waals surface area (Å²) in [6, 6.07) is 5.34. The molecule has 0 aliphatic carbocycles. The second-order valence-corrected chi connectivity index (χ2v) is 3.17. The number of hydrogen-bond donors (Lipinski definition) is 2. The van der Waals surface area contributed by atoms with Crippen LogP contribution in [-0.4, -0.2) is 23.2 Å². The van der Waals surface area contributed by atoms with Crippen LogP contribution in [0.4, 0.5) is 5.82 Å². The van der Waals surface area contributed by atoms with Gasteiger partial charge in [0, 0.05) is 18.9 Å². The van der Waals surface area contributed by atoms with E-state index in [4.69, 9.17) is 5.11 Å². The van der Waals surface area contributed by atoms with Crippen LogP contribution in [0.15, 0.2) is 24.4 Å². The van der Waals surface area contributed by atoms with Crippen molar-refractivity contribution in [2.45, 2.75) is 19.3 Å². The van der Waals surface area contributed by atoms with Crippen LogP contribution < -0.4 is 5.06 Å². The fourth-order valence-corrected chi connectivity index (χ4v) is 1.23. The van der Waals surface area contributed by atoms with E-state index < -0.39 is 0 Å². The molecule has 1 atom stereocenters. The number of hydrogen-bond acceptors (Lipinski definition) is 3. The standard InChI is InChI=1S/C10H16N2O2/c13-9-5-1-4-8-12(14)10-6-2-3-7-11-10/h2-3,6-7,12-13H,1,4-5,8-9H2. The lowest BCUT2D eigenvalue weighted by molar-refractivity contribution is -0.779. The lowest BCUT2D eigenvalue weighted by atomic mass is 10.2. The average molecular weight is 196 g/mol. The van der Waals surface area contributed by atoms with Gasteiger partial charge in [-0.2, -0.15) is 0 Å². The molecule has 0 aliphatic rings. The third-order valence-corrected chi connectivity index (χ3v) is 2.01. The molecule has 0 saturated carbocycles. The van der Waals surface area contributed by atoms with Gasteiger partial charge in [0.2, 0.25) is 5.82 Å². The number of hydroxylamine groups is 1. The number of rotatable bonds is 6. The predicted molar refractivity (Wildman–Crippen MR) is 54.0 cm³/mol. The van der Waals surface area contributed by atoms with Gasteiger partial charge in [-0.3, -0.25) is 0 Å². The summed E-state index contributed by atoms with van der Waals surface area (Å²) in [6.45, 7) is 0.731. The van der Waals surface area contributed by atoms with Gasteiger partial charge >= 0.3 is 0 Å². The highest BCUT2D eigenvalue weighted by molar-refractivity contribution is 5.16. The summed E-state index contributed by atoms with van der Waals surface area (Å²) in [6.07, 6.45) is 4.13. The van der Waals surface area contributed by atoms with Gasteiger partial charge in [-0.1, -0.05) is 6.07 Å². The Hall–Kier alpha value is -0.970. The number of nitrogens with one attached hydrogen (secondary N) is 1. The Balaban J connectivity index is 2.25. The van der Waals surface area contributed by atoms with E-state index in [9.17, 15) is 5.21 Å². The monoisotopic (exact) mass is 196 g/mol. The van der Waals surface area contributed by atoms with Gasteiger partial charge in [-0.15, -0.1) is 0 Å². The fraction of sp³-hybridized carbons (Fsp3) is 0.500. The maximum Gasteiger partial charge on any atom is 0.225 e. The van der Waals surface area contributed by atoms with Crippen molar-refractivity contribution < 1.29 is 10.2 Å². The molecule has 0 radical (unpaired) electrons. The molecule has 0 saturated heterocycles. The van der Waals surface area contributed by atoms with Crippen molar-refractivity contribution in [2.24, 2.45) is 0 Å². The van der Waals surface area contributed by atoms with Crippen LogP contribution in [0.25, 0.3) is 0 Å². The first kappa shape index (κ1) is 11.1. The van der Waals surface area contributed by atoms with E-state index in [1.165, 1.54) is 0 Å². The van der Waals surface area contributed by atoms with Crippen LogP contribution in [0.2, 0.25) is 0 Å². The first-order valence-electron chi connectivity index (χ1n) is 4.89. The minimum atomic E-state index is 0.0866. The summed E-state index contributed by atoms with van der Waals surface area (Å²) in [7, 11) is 0. The summed E-state index contributed by atoms with van der Waals surface area (Å²) >= 11 is 0. The zero-order valence-corrected chi connectivity index (χ0v) is 8.15. The van der Waals surface area contributed by atoms with E-state index in [1.54, 1.807) is 18.3 Å². The molecule has 1 heterocycles. The Morgan fingerprint density at radius 1 is 1.29 bits per heavy atom. The average Bonchev–Trinajstić information content (AvgIpc) is 2.25. The van der Waals surface area contributed by atoms with Crippen molar-refractivity contribution in [1.82, 2.24) is 4.98 Å². The van der Waals surface area contributed by atoms with Crippen molar-refractivity contribution in [3.05, 3.63) is 29.6 Å². The first-order valence-corrected chi connectivity index (χ1v) is 4.89. The highest BCUT2D eigenvalue weighted by Crippen LogP contribution is 1.94. The highest BCUT2D eigenvalue weighted by atomic mass is 16.5. The summed E-state index contributed by atoms with van der Waals surface area (Å²) in [4.78, 5) is 3.98. The number of quaternary nitrogens is 1. The van der Waals surface area contributed by atoms with E-state index in [-0.39, 0.29) is 11.7 Å². The largest absolute Gasteiger partial charge is 0.628 e. The highest BCUT2D eigenvalue weighted by Gasteiger charge is 2.01. The molecule has 0 amide bonds. The Bertz CT molecular complexity index is 241. The van der Waals surface area contributed by atoms with Crippen LogP contribution in [0.3, 0.4) is 0 Å². The van der Waals surface area contributed by atoms with Gasteiger partial charge in [-0.05, 0) is 25.3 Å². The topological polar surface area (TPSA) is 60.6 Å². The molecule has 2 N–H and O–H groups in total. The molecule has 0 aromatic carbocycles. The SMILES string of the molecule is [O-][NH+](CCCCCO)c1ccccn1. The van der Waals surface area contributed by atoms with E-state index in [1.807, 2.05) is 6.07 Å². The molecule has 4 heteroatoms.